The van der Waals surface area contributed by atoms with E-state index in [2.05, 4.69) is 96.6 Å². The third-order valence-corrected chi connectivity index (χ3v) is 8.78. The van der Waals surface area contributed by atoms with E-state index in [1.807, 2.05) is 23.8 Å². The third kappa shape index (κ3) is 11.3. The van der Waals surface area contributed by atoms with E-state index in [0.29, 0.717) is 12.6 Å². The van der Waals surface area contributed by atoms with Crippen molar-refractivity contribution in [3.8, 4) is 0 Å². The maximum Gasteiger partial charge on any atom is 0.234 e. The van der Waals surface area contributed by atoms with E-state index < -0.39 is 0 Å². The number of likely N-dealkylation sites (tertiary alicyclic amines) is 1. The molecule has 0 saturated carbocycles. The molecule has 1 aliphatic rings. The fourth-order valence-corrected chi connectivity index (χ4v) is 5.52. The molecule has 210 valence electrons. The Bertz CT molecular complexity index is 951. The van der Waals surface area contributed by atoms with Crippen LogP contribution in [0.3, 0.4) is 0 Å². The maximum atomic E-state index is 11.2. The number of thioether (sulfide) groups is 1. The van der Waals surface area contributed by atoms with Crippen LogP contribution in [0.4, 0.5) is 5.69 Å². The van der Waals surface area contributed by atoms with Gasteiger partial charge in [0.25, 0.3) is 0 Å². The summed E-state index contributed by atoms with van der Waals surface area (Å²) in [6.07, 6.45) is 6.37. The van der Waals surface area contributed by atoms with Crippen molar-refractivity contribution in [2.45, 2.75) is 63.9 Å². The van der Waals surface area contributed by atoms with Gasteiger partial charge in [0.1, 0.15) is 0 Å². The molecule has 0 bridgehead atoms. The summed E-state index contributed by atoms with van der Waals surface area (Å²) in [5.41, 5.74) is 2.72. The Balaban J connectivity index is 0.000000358. The second-order valence-electron chi connectivity index (χ2n) is 10.7. The first kappa shape index (κ1) is 32.1. The first-order chi connectivity index (χ1) is 18.2. The van der Waals surface area contributed by atoms with Crippen LogP contribution in [-0.2, 0) is 16.0 Å². The van der Waals surface area contributed by atoms with Crippen molar-refractivity contribution in [1.82, 2.24) is 15.5 Å². The lowest BCUT2D eigenvalue weighted by Gasteiger charge is -2.27. The summed E-state index contributed by atoms with van der Waals surface area (Å²) in [7, 11) is 1.77. The molecule has 2 aromatic carbocycles. The van der Waals surface area contributed by atoms with E-state index in [1.54, 1.807) is 18.8 Å². The van der Waals surface area contributed by atoms with Crippen molar-refractivity contribution >= 4 is 41.7 Å². The van der Waals surface area contributed by atoms with E-state index >= 15 is 0 Å². The molecule has 0 aromatic heterocycles. The molecule has 38 heavy (non-hydrogen) atoms. The summed E-state index contributed by atoms with van der Waals surface area (Å²) in [6, 6.07) is 20.0. The standard InChI is InChI=1S/C21H26N2OS2.C9H20N2O/c1-25-21-11-9-19(10-12-21)23(15-13-18-6-3-2-4-7-18)26-16-20-8-5-14-22(20)17-24;1-7(9(2,3)4)11-8(12)6-10-5/h2-4,6-7,9-12,17,20H,5,8,13-16H2,1H3;7,10H,6H2,1-5H3,(H,11,12). The lowest BCUT2D eigenvalue weighted by molar-refractivity contribution is -0.121. The van der Waals surface area contributed by atoms with Crippen molar-refractivity contribution < 1.29 is 9.59 Å². The molecular weight excluding hydrogens is 512 g/mol. The zero-order chi connectivity index (χ0) is 28.0. The highest BCUT2D eigenvalue weighted by molar-refractivity contribution is 8.00. The van der Waals surface area contributed by atoms with Crippen LogP contribution in [-0.4, -0.2) is 68.0 Å². The molecule has 8 heteroatoms. The van der Waals surface area contributed by atoms with Gasteiger partial charge in [0.2, 0.25) is 12.3 Å². The minimum absolute atomic E-state index is 0.0555. The molecule has 2 N–H and O–H groups in total. The summed E-state index contributed by atoms with van der Waals surface area (Å²) in [4.78, 5) is 25.6. The van der Waals surface area contributed by atoms with Crippen LogP contribution in [0.2, 0.25) is 0 Å². The molecule has 2 atom stereocenters. The number of anilines is 1. The van der Waals surface area contributed by atoms with Gasteiger partial charge in [0.05, 0.1) is 6.54 Å². The van der Waals surface area contributed by atoms with E-state index in [1.165, 1.54) is 16.1 Å². The molecule has 1 saturated heterocycles. The molecule has 0 radical (unpaired) electrons. The molecule has 0 aliphatic carbocycles. The number of nitrogens with zero attached hydrogens (tertiary/aromatic N) is 2. The zero-order valence-corrected chi connectivity index (χ0v) is 25.5. The second-order valence-corrected chi connectivity index (χ2v) is 12.6. The van der Waals surface area contributed by atoms with Gasteiger partial charge in [-0.15, -0.1) is 11.8 Å². The summed E-state index contributed by atoms with van der Waals surface area (Å²) in [6.45, 7) is 10.6. The van der Waals surface area contributed by atoms with Crippen LogP contribution in [0, 0.1) is 5.41 Å². The molecule has 3 rings (SSSR count). The van der Waals surface area contributed by atoms with E-state index in [9.17, 15) is 9.59 Å². The summed E-state index contributed by atoms with van der Waals surface area (Å²) < 4.78 is 2.39. The normalized spacial score (nSPS) is 15.8. The quantitative estimate of drug-likeness (QED) is 0.204. The molecule has 0 spiro atoms. The molecule has 2 unspecified atom stereocenters. The molecule has 1 aliphatic heterocycles. The van der Waals surface area contributed by atoms with Crippen molar-refractivity contribution in [3.63, 3.8) is 0 Å². The van der Waals surface area contributed by atoms with Crippen molar-refractivity contribution in [1.29, 1.82) is 0 Å². The van der Waals surface area contributed by atoms with Gasteiger partial charge in [-0.2, -0.15) is 0 Å². The Kier molecular flexibility index (Phi) is 14.1. The predicted molar refractivity (Wildman–Crippen MR) is 165 cm³/mol. The highest BCUT2D eigenvalue weighted by Gasteiger charge is 2.24. The Morgan fingerprint density at radius 1 is 1.16 bits per heavy atom. The smallest absolute Gasteiger partial charge is 0.234 e. The summed E-state index contributed by atoms with van der Waals surface area (Å²) in [5.74, 6) is 1.01. The maximum absolute atomic E-state index is 11.2. The number of amides is 2. The average molecular weight is 559 g/mol. The molecule has 2 amide bonds. The lowest BCUT2D eigenvalue weighted by Crippen LogP contribution is -2.44. The third-order valence-electron chi connectivity index (χ3n) is 6.80. The first-order valence-corrected chi connectivity index (χ1v) is 15.6. The van der Waals surface area contributed by atoms with Crippen molar-refractivity contribution in [2.75, 3.05) is 43.0 Å². The average Bonchev–Trinajstić information content (AvgIpc) is 3.37. The van der Waals surface area contributed by atoms with E-state index in [0.717, 1.165) is 44.5 Å². The second kappa shape index (κ2) is 16.7. The monoisotopic (exact) mass is 558 g/mol. The number of likely N-dealkylation sites (N-methyl/N-ethyl adjacent to an activating group) is 1. The van der Waals surface area contributed by atoms with Gasteiger partial charge < -0.3 is 19.8 Å². The molecular formula is C30H46N4O2S2. The van der Waals surface area contributed by atoms with Crippen LogP contribution in [0.15, 0.2) is 59.5 Å². The number of carbonyl (C=O) groups is 2. The minimum Gasteiger partial charge on any atom is -0.352 e. The first-order valence-electron chi connectivity index (χ1n) is 13.4. The number of nitrogens with one attached hydrogen (secondary N) is 2. The Morgan fingerprint density at radius 2 is 1.84 bits per heavy atom. The van der Waals surface area contributed by atoms with Gasteiger partial charge in [-0.25, -0.2) is 0 Å². The van der Waals surface area contributed by atoms with Crippen LogP contribution in [0.25, 0.3) is 0 Å². The van der Waals surface area contributed by atoms with Gasteiger partial charge >= 0.3 is 0 Å². The molecule has 6 nitrogen and oxygen atoms in total. The molecule has 2 aromatic rings. The zero-order valence-electron chi connectivity index (χ0n) is 23.9. The van der Waals surface area contributed by atoms with Gasteiger partial charge in [-0.1, -0.05) is 51.1 Å². The van der Waals surface area contributed by atoms with Gasteiger partial charge in [-0.05, 0) is 86.7 Å². The van der Waals surface area contributed by atoms with E-state index in [4.69, 9.17) is 0 Å². The number of benzene rings is 2. The summed E-state index contributed by atoms with van der Waals surface area (Å²) in [5, 5.41) is 5.73. The molecule has 1 fully saturated rings. The fraction of sp³-hybridized carbons (Fsp3) is 0.533. The number of hydrogen-bond acceptors (Lipinski definition) is 6. The van der Waals surface area contributed by atoms with Gasteiger partial charge in [-0.3, -0.25) is 9.59 Å². The molecule has 1 heterocycles. The number of carbonyl (C=O) groups excluding carboxylic acids is 2. The lowest BCUT2D eigenvalue weighted by atomic mass is 9.88. The predicted octanol–water partition coefficient (Wildman–Crippen LogP) is 5.48. The minimum atomic E-state index is 0.0555. The van der Waals surface area contributed by atoms with Gasteiger partial charge in [0, 0.05) is 41.5 Å². The van der Waals surface area contributed by atoms with Crippen LogP contribution >= 0.6 is 23.7 Å². The van der Waals surface area contributed by atoms with Crippen LogP contribution < -0.4 is 14.9 Å². The highest BCUT2D eigenvalue weighted by atomic mass is 32.2. The highest BCUT2D eigenvalue weighted by Crippen LogP contribution is 2.28. The number of hydrogen-bond donors (Lipinski definition) is 2. The SMILES string of the molecule is CNCC(=O)NC(C)C(C)(C)C.CSc1ccc(N(CCc2ccccc2)SCC2CCCN2C=O)cc1. The van der Waals surface area contributed by atoms with E-state index in [-0.39, 0.29) is 17.4 Å². The largest absolute Gasteiger partial charge is 0.352 e. The fourth-order valence-electron chi connectivity index (χ4n) is 3.91. The van der Waals surface area contributed by atoms with Crippen molar-refractivity contribution in [2.24, 2.45) is 5.41 Å². The Labute approximate surface area is 238 Å². The topological polar surface area (TPSA) is 64.7 Å². The van der Waals surface area contributed by atoms with Crippen molar-refractivity contribution in [3.05, 3.63) is 60.2 Å². The van der Waals surface area contributed by atoms with Gasteiger partial charge in [0.15, 0.2) is 0 Å². The Morgan fingerprint density at radius 3 is 2.42 bits per heavy atom. The van der Waals surface area contributed by atoms with Crippen LogP contribution in [0.5, 0.6) is 0 Å². The summed E-state index contributed by atoms with van der Waals surface area (Å²) >= 11 is 3.62. The van der Waals surface area contributed by atoms with Crippen LogP contribution in [0.1, 0.15) is 46.1 Å². The number of rotatable bonds is 12. The Hall–Kier alpha value is -2.16.